The van der Waals surface area contributed by atoms with E-state index in [4.69, 9.17) is 20.5 Å². The molecule has 2 aliphatic heterocycles. The Kier molecular flexibility index (Phi) is 12.5. The summed E-state index contributed by atoms with van der Waals surface area (Å²) in [7, 11) is 3.54. The van der Waals surface area contributed by atoms with Crippen LogP contribution in [0.1, 0.15) is 46.0 Å². The molecule has 0 bridgehead atoms. The highest BCUT2D eigenvalue weighted by Gasteiger charge is 2.31. The molecule has 0 radical (unpaired) electrons. The van der Waals surface area contributed by atoms with E-state index in [1.54, 1.807) is 47.8 Å². The number of benzene rings is 2. The summed E-state index contributed by atoms with van der Waals surface area (Å²) < 4.78 is 3.28. The van der Waals surface area contributed by atoms with E-state index in [0.717, 1.165) is 54.6 Å². The predicted molar refractivity (Wildman–Crippen MR) is 214 cm³/mol. The number of hydrogen-bond donors (Lipinski definition) is 1. The van der Waals surface area contributed by atoms with Gasteiger partial charge in [-0.05, 0) is 72.5 Å². The third kappa shape index (κ3) is 9.19. The minimum absolute atomic E-state index is 0.00821. The van der Waals surface area contributed by atoms with Crippen LogP contribution in [-0.4, -0.2) is 72.0 Å². The molecule has 6 aromatic rings. The first-order chi connectivity index (χ1) is 26.8. The van der Waals surface area contributed by atoms with Crippen molar-refractivity contribution in [2.45, 2.75) is 11.8 Å². The zero-order valence-corrected chi connectivity index (χ0v) is 31.8. The summed E-state index contributed by atoms with van der Waals surface area (Å²) in [5.41, 5.74) is 4.32. The van der Waals surface area contributed by atoms with E-state index >= 15 is 0 Å². The summed E-state index contributed by atoms with van der Waals surface area (Å²) in [4.78, 5) is 45.1. The molecule has 0 aliphatic carbocycles. The summed E-state index contributed by atoms with van der Waals surface area (Å²) >= 11 is 2.89. The number of nitriles is 2. The smallest absolute Gasteiger partial charge is 0.261 e. The van der Waals surface area contributed by atoms with Crippen molar-refractivity contribution in [3.63, 3.8) is 0 Å². The minimum atomic E-state index is -0.0574. The van der Waals surface area contributed by atoms with Gasteiger partial charge in [-0.1, -0.05) is 39.9 Å². The van der Waals surface area contributed by atoms with Crippen LogP contribution in [0.5, 0.6) is 0 Å². The highest BCUT2D eigenvalue weighted by atomic mass is 79.9. The molecule has 12 nitrogen and oxygen atoms in total. The Labute approximate surface area is 326 Å². The van der Waals surface area contributed by atoms with Gasteiger partial charge in [-0.3, -0.25) is 23.6 Å². The molecule has 0 amide bonds. The Morgan fingerprint density at radius 2 is 1.20 bits per heavy atom. The molecule has 272 valence electrons. The van der Waals surface area contributed by atoms with Crippen LogP contribution in [0.25, 0.3) is 21.8 Å². The summed E-state index contributed by atoms with van der Waals surface area (Å²) in [5.74, 6) is 14.3. The van der Waals surface area contributed by atoms with Gasteiger partial charge in [-0.25, -0.2) is 19.9 Å². The maximum Gasteiger partial charge on any atom is 0.261 e. The molecule has 2 aromatic carbocycles. The zero-order valence-electron chi connectivity index (χ0n) is 30.2. The number of nitrogens with zero attached hydrogens (tertiary/aromatic N) is 9. The third-order valence-corrected chi connectivity index (χ3v) is 9.30. The Morgan fingerprint density at radius 1 is 0.709 bits per heavy atom. The van der Waals surface area contributed by atoms with Gasteiger partial charge in [-0.15, -0.1) is 0 Å². The monoisotopic (exact) mass is 790 g/mol. The number of fused-ring (bicyclic) bond motifs is 2. The Morgan fingerprint density at radius 3 is 1.60 bits per heavy atom. The van der Waals surface area contributed by atoms with E-state index in [2.05, 4.69) is 61.0 Å². The lowest BCUT2D eigenvalue weighted by molar-refractivity contribution is 0.161. The van der Waals surface area contributed by atoms with Gasteiger partial charge in [-0.2, -0.15) is 10.5 Å². The van der Waals surface area contributed by atoms with Gasteiger partial charge in [0.25, 0.3) is 11.1 Å². The van der Waals surface area contributed by atoms with Gasteiger partial charge in [0.2, 0.25) is 0 Å². The van der Waals surface area contributed by atoms with Crippen LogP contribution in [0.15, 0.2) is 94.8 Å². The highest BCUT2D eigenvalue weighted by molar-refractivity contribution is 9.09. The molecule has 1 N–H and O–H groups in total. The van der Waals surface area contributed by atoms with Crippen LogP contribution in [0.3, 0.4) is 0 Å². The fourth-order valence-corrected chi connectivity index (χ4v) is 6.04. The van der Waals surface area contributed by atoms with Crippen LogP contribution >= 0.6 is 15.9 Å². The first-order valence-electron chi connectivity index (χ1n) is 17.4. The summed E-state index contributed by atoms with van der Waals surface area (Å²) in [5, 5.41) is 21.2. The van der Waals surface area contributed by atoms with E-state index in [9.17, 15) is 9.59 Å². The Hall–Kier alpha value is -6.48. The zero-order chi connectivity index (χ0) is 38.7. The SMILES string of the molecule is Cn1c(C2CN(CC#N)C2)nc2cc(C#Cc3ccccn3)ccc2c1=O.Cn1c(C2CNC2)nc2cc(C#Cc3ccccn3)ccc2c1=O.N#CCBr. The van der Waals surface area contributed by atoms with Crippen LogP contribution in [0, 0.1) is 46.3 Å². The van der Waals surface area contributed by atoms with Crippen molar-refractivity contribution in [2.24, 2.45) is 14.1 Å². The number of halogens is 1. The molecule has 0 unspecified atom stereocenters. The lowest BCUT2D eigenvalue weighted by atomic mass is 9.98. The molecule has 0 spiro atoms. The Bertz CT molecular complexity index is 2670. The summed E-state index contributed by atoms with van der Waals surface area (Å²) in [6.45, 7) is 3.64. The number of aromatic nitrogens is 6. The quantitative estimate of drug-likeness (QED) is 0.158. The molecule has 55 heavy (non-hydrogen) atoms. The maximum absolute atomic E-state index is 12.7. The van der Waals surface area contributed by atoms with Crippen molar-refractivity contribution >= 4 is 37.7 Å². The first kappa shape index (κ1) is 38.3. The van der Waals surface area contributed by atoms with Crippen molar-refractivity contribution in [1.82, 2.24) is 39.3 Å². The second-order valence-electron chi connectivity index (χ2n) is 12.8. The van der Waals surface area contributed by atoms with Gasteiger partial charge in [0.05, 0.1) is 45.8 Å². The second-order valence-corrected chi connectivity index (χ2v) is 13.3. The highest BCUT2D eigenvalue weighted by Crippen LogP contribution is 2.25. The predicted octanol–water partition coefficient (Wildman–Crippen LogP) is 3.97. The molecule has 8 rings (SSSR count). The maximum atomic E-state index is 12.7. The molecule has 13 heteroatoms. The average Bonchev–Trinajstić information content (AvgIpc) is 3.18. The third-order valence-electron chi connectivity index (χ3n) is 9.05. The molecule has 4 aromatic heterocycles. The standard InChI is InChI=1S/C21H17N5O.C19H16N4O.C2H2BrN/c1-25-20(16-13-26(14-16)11-9-22)24-19-12-15(6-8-18(19)21(25)27)5-7-17-4-2-3-10-23-17;1-23-18(14-11-20-12-14)22-17-10-13(6-8-16(17)19(23)24)5-7-15-4-2-3-9-21-15;3-1-2-4/h2-4,6,8,10,12,16H,11,13-14H2,1H3;2-4,6,8-10,14,20H,11-12H2,1H3;1H2. The lowest BCUT2D eigenvalue weighted by Crippen LogP contribution is -2.47. The topological polar surface area (TPSA) is 158 Å². The lowest BCUT2D eigenvalue weighted by Gasteiger charge is -2.37. The van der Waals surface area contributed by atoms with Crippen molar-refractivity contribution in [2.75, 3.05) is 38.1 Å². The second kappa shape index (κ2) is 18.0. The summed E-state index contributed by atoms with van der Waals surface area (Å²) in [6, 6.07) is 26.2. The number of pyridine rings is 2. The van der Waals surface area contributed by atoms with E-state index in [-0.39, 0.29) is 17.0 Å². The number of hydrogen-bond acceptors (Lipinski definition) is 10. The Balaban J connectivity index is 0.000000172. The fraction of sp³-hybridized carbons (Fsp3) is 0.238. The van der Waals surface area contributed by atoms with Crippen LogP contribution in [-0.2, 0) is 14.1 Å². The van der Waals surface area contributed by atoms with Crippen LogP contribution in [0.4, 0.5) is 0 Å². The molecule has 2 saturated heterocycles. The van der Waals surface area contributed by atoms with Gasteiger partial charge < -0.3 is 5.32 Å². The number of nitrogens with one attached hydrogen (secondary N) is 1. The summed E-state index contributed by atoms with van der Waals surface area (Å²) in [6.07, 6.45) is 3.42. The van der Waals surface area contributed by atoms with Crippen LogP contribution in [0.2, 0.25) is 0 Å². The van der Waals surface area contributed by atoms with Gasteiger partial charge >= 0.3 is 0 Å². The van der Waals surface area contributed by atoms with E-state index < -0.39 is 0 Å². The van der Waals surface area contributed by atoms with E-state index in [1.165, 1.54) is 0 Å². The number of likely N-dealkylation sites (tertiary alicyclic amines) is 1. The number of alkyl halides is 1. The molecule has 2 aliphatic rings. The van der Waals surface area contributed by atoms with Gasteiger partial charge in [0.15, 0.2) is 0 Å². The molecular formula is C42H35BrN10O2. The normalized spacial score (nSPS) is 13.5. The van der Waals surface area contributed by atoms with Crippen molar-refractivity contribution < 1.29 is 0 Å². The van der Waals surface area contributed by atoms with Crippen molar-refractivity contribution in [1.29, 1.82) is 10.5 Å². The van der Waals surface area contributed by atoms with Crippen LogP contribution < -0.4 is 16.4 Å². The van der Waals surface area contributed by atoms with Gasteiger partial charge in [0, 0.05) is 75.6 Å². The fourth-order valence-electron chi connectivity index (χ4n) is 6.04. The average molecular weight is 792 g/mol. The first-order valence-corrected chi connectivity index (χ1v) is 18.5. The minimum Gasteiger partial charge on any atom is -0.315 e. The van der Waals surface area contributed by atoms with E-state index in [0.29, 0.717) is 45.3 Å². The molecule has 0 saturated carbocycles. The molecule has 6 heterocycles. The van der Waals surface area contributed by atoms with E-state index in [1.807, 2.05) is 71.6 Å². The number of rotatable bonds is 3. The molecule has 0 atom stereocenters. The molecular weight excluding hydrogens is 756 g/mol. The molecule has 2 fully saturated rings. The largest absolute Gasteiger partial charge is 0.315 e. The van der Waals surface area contributed by atoms with Crippen molar-refractivity contribution in [3.05, 3.63) is 140 Å². The van der Waals surface area contributed by atoms with Gasteiger partial charge in [0.1, 0.15) is 23.0 Å². The van der Waals surface area contributed by atoms with Crippen molar-refractivity contribution in [3.8, 4) is 35.8 Å².